The zero-order valence-electron chi connectivity index (χ0n) is 12.3. The van der Waals surface area contributed by atoms with Crippen molar-refractivity contribution in [2.75, 3.05) is 19.8 Å². The summed E-state index contributed by atoms with van der Waals surface area (Å²) in [6.07, 6.45) is 8.16. The van der Waals surface area contributed by atoms with E-state index in [1.807, 2.05) is 30.3 Å². The Morgan fingerprint density at radius 3 is 2.50 bits per heavy atom. The largest absolute Gasteiger partial charge is 0.494 e. The van der Waals surface area contributed by atoms with E-state index >= 15 is 0 Å². The highest BCUT2D eigenvalue weighted by molar-refractivity contribution is 5.20. The first-order valence-electron chi connectivity index (χ1n) is 7.86. The summed E-state index contributed by atoms with van der Waals surface area (Å²) < 4.78 is 16.9. The van der Waals surface area contributed by atoms with Crippen LogP contribution in [-0.2, 0) is 9.47 Å². The Kier molecular flexibility index (Phi) is 7.50. The van der Waals surface area contributed by atoms with Gasteiger partial charge in [-0.25, -0.2) is 0 Å². The molecule has 0 spiro atoms. The van der Waals surface area contributed by atoms with Crippen molar-refractivity contribution in [2.45, 2.75) is 51.2 Å². The van der Waals surface area contributed by atoms with Gasteiger partial charge in [-0.1, -0.05) is 24.6 Å². The van der Waals surface area contributed by atoms with Crippen molar-refractivity contribution in [3.05, 3.63) is 30.3 Å². The van der Waals surface area contributed by atoms with Gasteiger partial charge in [0.05, 0.1) is 6.61 Å². The van der Waals surface area contributed by atoms with Gasteiger partial charge >= 0.3 is 0 Å². The molecule has 3 heteroatoms. The molecule has 0 N–H and O–H groups in total. The number of para-hydroxylation sites is 1. The second kappa shape index (κ2) is 9.78. The van der Waals surface area contributed by atoms with Crippen LogP contribution >= 0.6 is 0 Å². The molecule has 2 rings (SSSR count). The van der Waals surface area contributed by atoms with Crippen molar-refractivity contribution in [3.63, 3.8) is 0 Å². The fourth-order valence-electron chi connectivity index (χ4n) is 2.32. The van der Waals surface area contributed by atoms with Crippen LogP contribution in [0.25, 0.3) is 0 Å². The average molecular weight is 278 g/mol. The van der Waals surface area contributed by atoms with Crippen LogP contribution < -0.4 is 4.74 Å². The van der Waals surface area contributed by atoms with E-state index in [9.17, 15) is 0 Å². The number of rotatable bonds is 9. The normalized spacial score (nSPS) is 18.9. The summed E-state index contributed by atoms with van der Waals surface area (Å²) in [6.45, 7) is 2.49. The zero-order valence-corrected chi connectivity index (χ0v) is 12.3. The SMILES string of the molecule is c1ccc(OCCCCCCOC2CCCCO2)cc1. The molecule has 0 radical (unpaired) electrons. The third kappa shape index (κ3) is 6.40. The van der Waals surface area contributed by atoms with Gasteiger partial charge < -0.3 is 14.2 Å². The Labute approximate surface area is 122 Å². The minimum Gasteiger partial charge on any atom is -0.494 e. The molecule has 1 aromatic rings. The van der Waals surface area contributed by atoms with Gasteiger partial charge in [0.2, 0.25) is 0 Å². The lowest BCUT2D eigenvalue weighted by molar-refractivity contribution is -0.162. The molecule has 3 nitrogen and oxygen atoms in total. The van der Waals surface area contributed by atoms with E-state index in [4.69, 9.17) is 14.2 Å². The first-order chi connectivity index (χ1) is 9.95. The summed E-state index contributed by atoms with van der Waals surface area (Å²) in [7, 11) is 0. The molecule has 0 aromatic heterocycles. The summed E-state index contributed by atoms with van der Waals surface area (Å²) in [4.78, 5) is 0. The Morgan fingerprint density at radius 2 is 1.75 bits per heavy atom. The summed E-state index contributed by atoms with van der Waals surface area (Å²) in [5.41, 5.74) is 0. The van der Waals surface area contributed by atoms with E-state index in [1.165, 1.54) is 25.7 Å². The zero-order chi connectivity index (χ0) is 13.9. The minimum absolute atomic E-state index is 0.0603. The van der Waals surface area contributed by atoms with Crippen LogP contribution in [0.1, 0.15) is 44.9 Å². The van der Waals surface area contributed by atoms with E-state index < -0.39 is 0 Å². The standard InChI is InChI=1S/C17H26O3/c1(7-13-18-16-10-4-3-5-11-16)2-8-14-19-17-12-6-9-15-20-17/h3-5,10-11,17H,1-2,6-9,12-15H2. The van der Waals surface area contributed by atoms with Crippen LogP contribution in [0.4, 0.5) is 0 Å². The van der Waals surface area contributed by atoms with Crippen LogP contribution in [0.5, 0.6) is 5.75 Å². The highest BCUT2D eigenvalue weighted by Gasteiger charge is 2.13. The van der Waals surface area contributed by atoms with E-state index in [1.54, 1.807) is 0 Å². The maximum Gasteiger partial charge on any atom is 0.157 e. The number of hydrogen-bond acceptors (Lipinski definition) is 3. The van der Waals surface area contributed by atoms with Gasteiger partial charge in [0, 0.05) is 13.2 Å². The molecule has 1 aromatic carbocycles. The molecule has 0 aliphatic carbocycles. The number of hydrogen-bond donors (Lipinski definition) is 0. The highest BCUT2D eigenvalue weighted by atomic mass is 16.7. The first kappa shape index (κ1) is 15.3. The Bertz CT molecular complexity index is 333. The van der Waals surface area contributed by atoms with E-state index in [2.05, 4.69) is 0 Å². The topological polar surface area (TPSA) is 27.7 Å². The number of benzene rings is 1. The molecule has 0 amide bonds. The smallest absolute Gasteiger partial charge is 0.157 e. The van der Waals surface area contributed by atoms with Crippen LogP contribution in [0, 0.1) is 0 Å². The third-order valence-electron chi connectivity index (χ3n) is 3.49. The summed E-state index contributed by atoms with van der Waals surface area (Å²) in [6, 6.07) is 10.00. The number of unbranched alkanes of at least 4 members (excludes halogenated alkanes) is 3. The molecular weight excluding hydrogens is 252 g/mol. The average Bonchev–Trinajstić information content (AvgIpc) is 2.52. The molecule has 1 fully saturated rings. The van der Waals surface area contributed by atoms with Crippen molar-refractivity contribution in [1.29, 1.82) is 0 Å². The van der Waals surface area contributed by atoms with Crippen molar-refractivity contribution in [2.24, 2.45) is 0 Å². The fourth-order valence-corrected chi connectivity index (χ4v) is 2.32. The monoisotopic (exact) mass is 278 g/mol. The molecule has 1 heterocycles. The van der Waals surface area contributed by atoms with Crippen LogP contribution in [0.15, 0.2) is 30.3 Å². The molecule has 0 saturated carbocycles. The molecule has 1 unspecified atom stereocenters. The second-order valence-electron chi connectivity index (χ2n) is 5.24. The predicted molar refractivity (Wildman–Crippen MR) is 79.9 cm³/mol. The van der Waals surface area contributed by atoms with E-state index in [-0.39, 0.29) is 6.29 Å². The van der Waals surface area contributed by atoms with Gasteiger partial charge in [-0.05, 0) is 50.7 Å². The summed E-state index contributed by atoms with van der Waals surface area (Å²) in [5, 5.41) is 0. The molecule has 0 bridgehead atoms. The highest BCUT2D eigenvalue weighted by Crippen LogP contribution is 2.14. The lowest BCUT2D eigenvalue weighted by Crippen LogP contribution is -2.22. The summed E-state index contributed by atoms with van der Waals surface area (Å²) >= 11 is 0. The first-order valence-corrected chi connectivity index (χ1v) is 7.86. The van der Waals surface area contributed by atoms with Crippen molar-refractivity contribution < 1.29 is 14.2 Å². The van der Waals surface area contributed by atoms with Crippen LogP contribution in [0.3, 0.4) is 0 Å². The van der Waals surface area contributed by atoms with Gasteiger partial charge in [0.15, 0.2) is 6.29 Å². The molecule has 1 atom stereocenters. The Morgan fingerprint density at radius 1 is 0.950 bits per heavy atom. The van der Waals surface area contributed by atoms with Crippen molar-refractivity contribution in [3.8, 4) is 5.75 Å². The van der Waals surface area contributed by atoms with Gasteiger partial charge in [-0.3, -0.25) is 0 Å². The maximum atomic E-state index is 5.71. The van der Waals surface area contributed by atoms with Crippen molar-refractivity contribution >= 4 is 0 Å². The molecule has 1 aliphatic rings. The predicted octanol–water partition coefficient (Wildman–Crippen LogP) is 4.17. The summed E-state index contributed by atoms with van der Waals surface area (Å²) in [5.74, 6) is 0.963. The van der Waals surface area contributed by atoms with Gasteiger partial charge in [-0.15, -0.1) is 0 Å². The van der Waals surface area contributed by atoms with Crippen LogP contribution in [0.2, 0.25) is 0 Å². The molecule has 1 aliphatic heterocycles. The van der Waals surface area contributed by atoms with Crippen LogP contribution in [-0.4, -0.2) is 26.1 Å². The van der Waals surface area contributed by atoms with Gasteiger partial charge in [0.25, 0.3) is 0 Å². The lowest BCUT2D eigenvalue weighted by atomic mass is 10.2. The Hall–Kier alpha value is -1.06. The molecule has 112 valence electrons. The third-order valence-corrected chi connectivity index (χ3v) is 3.49. The van der Waals surface area contributed by atoms with Gasteiger partial charge in [-0.2, -0.15) is 0 Å². The van der Waals surface area contributed by atoms with E-state index in [0.717, 1.165) is 44.8 Å². The fraction of sp³-hybridized carbons (Fsp3) is 0.647. The number of ether oxygens (including phenoxy) is 3. The quantitative estimate of drug-likeness (QED) is 0.635. The maximum absolute atomic E-state index is 5.71. The van der Waals surface area contributed by atoms with Crippen molar-refractivity contribution in [1.82, 2.24) is 0 Å². The minimum atomic E-state index is 0.0603. The molecule has 20 heavy (non-hydrogen) atoms. The Balaban J connectivity index is 1.38. The molecule has 1 saturated heterocycles. The molecular formula is C17H26O3. The van der Waals surface area contributed by atoms with E-state index in [0.29, 0.717) is 0 Å². The van der Waals surface area contributed by atoms with Gasteiger partial charge in [0.1, 0.15) is 5.75 Å². The second-order valence-corrected chi connectivity index (χ2v) is 5.24. The lowest BCUT2D eigenvalue weighted by Gasteiger charge is -2.22.